The van der Waals surface area contributed by atoms with E-state index in [2.05, 4.69) is 0 Å². The fraction of sp³-hybridized carbons (Fsp3) is 0.533. The van der Waals surface area contributed by atoms with Crippen LogP contribution >= 0.6 is 0 Å². The molecule has 1 aromatic carbocycles. The summed E-state index contributed by atoms with van der Waals surface area (Å²) < 4.78 is 68.6. The van der Waals surface area contributed by atoms with Crippen molar-refractivity contribution in [2.24, 2.45) is 11.3 Å². The Morgan fingerprint density at radius 3 is 2.09 bits per heavy atom. The fourth-order valence-corrected chi connectivity index (χ4v) is 3.14. The van der Waals surface area contributed by atoms with E-state index in [1.165, 1.54) is 0 Å². The lowest BCUT2D eigenvalue weighted by Gasteiger charge is -2.53. The van der Waals surface area contributed by atoms with Gasteiger partial charge in [0, 0.05) is 24.6 Å². The van der Waals surface area contributed by atoms with Crippen LogP contribution in [0.25, 0.3) is 0 Å². The summed E-state index contributed by atoms with van der Waals surface area (Å²) in [4.78, 5) is 12.1. The average Bonchev–Trinajstić information content (AvgIpc) is 2.33. The minimum absolute atomic E-state index is 0.00640. The monoisotopic (exact) mass is 337 g/mol. The van der Waals surface area contributed by atoms with Crippen LogP contribution < -0.4 is 0 Å². The van der Waals surface area contributed by atoms with Gasteiger partial charge in [-0.05, 0) is 5.41 Å². The summed E-state index contributed by atoms with van der Waals surface area (Å²) in [5.41, 5.74) is -2.04. The Morgan fingerprint density at radius 2 is 1.70 bits per heavy atom. The van der Waals surface area contributed by atoms with Crippen LogP contribution in [0, 0.1) is 34.6 Å². The van der Waals surface area contributed by atoms with Gasteiger partial charge < -0.3 is 10.0 Å². The molecule has 0 aromatic heterocycles. The maximum Gasteiger partial charge on any atom is 0.407 e. The number of hydrogen-bond acceptors (Lipinski definition) is 1. The van der Waals surface area contributed by atoms with Crippen LogP contribution in [0.5, 0.6) is 0 Å². The molecule has 1 aromatic rings. The van der Waals surface area contributed by atoms with Crippen LogP contribution in [0.1, 0.15) is 32.5 Å². The Labute approximate surface area is 129 Å². The van der Waals surface area contributed by atoms with Crippen LogP contribution in [0.4, 0.5) is 26.7 Å². The van der Waals surface area contributed by atoms with Crippen LogP contribution in [0.2, 0.25) is 0 Å². The zero-order chi connectivity index (χ0) is 17.7. The van der Waals surface area contributed by atoms with Gasteiger partial charge in [0.2, 0.25) is 0 Å². The van der Waals surface area contributed by atoms with Crippen molar-refractivity contribution >= 4 is 6.09 Å². The maximum atomic E-state index is 14.6. The van der Waals surface area contributed by atoms with Gasteiger partial charge in [-0.15, -0.1) is 0 Å². The number of amides is 1. The highest BCUT2D eigenvalue weighted by atomic mass is 19.2. The van der Waals surface area contributed by atoms with Gasteiger partial charge in [0.05, 0.1) is 5.56 Å². The quantitative estimate of drug-likeness (QED) is 0.646. The van der Waals surface area contributed by atoms with Crippen LogP contribution in [0.15, 0.2) is 6.07 Å². The molecule has 1 heterocycles. The van der Waals surface area contributed by atoms with E-state index in [0.29, 0.717) is 0 Å². The number of nitrogens with zero attached hydrogens (tertiary/aromatic N) is 1. The first-order valence-electron chi connectivity index (χ1n) is 6.93. The molecule has 1 amide bonds. The Balaban J connectivity index is 2.42. The highest BCUT2D eigenvalue weighted by Crippen LogP contribution is 2.47. The molecule has 3 unspecified atom stereocenters. The largest absolute Gasteiger partial charge is 0.465 e. The first-order valence-corrected chi connectivity index (χ1v) is 6.93. The molecular formula is C15H16F5NO2. The summed E-state index contributed by atoms with van der Waals surface area (Å²) in [5.74, 6) is -8.07. The minimum atomic E-state index is -2.36. The second-order valence-electron chi connectivity index (χ2n) is 6.69. The second-order valence-corrected chi connectivity index (χ2v) is 6.69. The van der Waals surface area contributed by atoms with E-state index in [1.54, 1.807) is 20.8 Å². The van der Waals surface area contributed by atoms with Crippen LogP contribution in [-0.2, 0) is 0 Å². The predicted octanol–water partition coefficient (Wildman–Crippen LogP) is 4.28. The molecule has 0 saturated carbocycles. The van der Waals surface area contributed by atoms with Crippen molar-refractivity contribution in [2.75, 3.05) is 6.54 Å². The van der Waals surface area contributed by atoms with Crippen molar-refractivity contribution in [1.29, 1.82) is 0 Å². The third-order valence-electron chi connectivity index (χ3n) is 4.08. The molecule has 3 atom stereocenters. The van der Waals surface area contributed by atoms with Gasteiger partial charge in [-0.2, -0.15) is 0 Å². The predicted molar refractivity (Wildman–Crippen MR) is 71.6 cm³/mol. The molecule has 0 radical (unpaired) electrons. The zero-order valence-electron chi connectivity index (χ0n) is 12.7. The van der Waals surface area contributed by atoms with Gasteiger partial charge in [0.1, 0.15) is 6.17 Å². The lowest BCUT2D eigenvalue weighted by Crippen LogP contribution is -2.64. The van der Waals surface area contributed by atoms with Gasteiger partial charge in [0.15, 0.2) is 23.3 Å². The van der Waals surface area contributed by atoms with Crippen molar-refractivity contribution in [3.05, 3.63) is 34.9 Å². The second kappa shape index (κ2) is 5.65. The molecule has 1 aliphatic heterocycles. The summed E-state index contributed by atoms with van der Waals surface area (Å²) in [6.07, 6.45) is -3.65. The van der Waals surface area contributed by atoms with Gasteiger partial charge in [-0.1, -0.05) is 20.8 Å². The number of carboxylic acid groups (broad SMARTS) is 1. The summed E-state index contributed by atoms with van der Waals surface area (Å²) in [5, 5.41) is 9.07. The summed E-state index contributed by atoms with van der Waals surface area (Å²) in [6.45, 7) is 4.62. The molecule has 1 saturated heterocycles. The Morgan fingerprint density at radius 1 is 1.22 bits per heavy atom. The number of halogens is 5. The molecule has 128 valence electrons. The normalized spacial score (nSPS) is 22.7. The standard InChI is InChI=1S/C15H16F5NO2/c1-15(2,3)13-6(5-21(13)14(22)23)10(18)9-11(19)7(16)4-8(17)12(9)20/h4,6,10,13H,5H2,1-3H3,(H,22,23). The Hall–Kier alpha value is -1.86. The molecule has 2 rings (SSSR count). The van der Waals surface area contributed by atoms with Crippen LogP contribution in [-0.4, -0.2) is 28.7 Å². The van der Waals surface area contributed by atoms with Crippen molar-refractivity contribution in [3.63, 3.8) is 0 Å². The number of hydrogen-bond donors (Lipinski definition) is 1. The molecule has 0 aliphatic carbocycles. The molecule has 0 spiro atoms. The molecular weight excluding hydrogens is 321 g/mol. The number of benzene rings is 1. The first-order chi connectivity index (χ1) is 10.5. The number of carbonyl (C=O) groups is 1. The van der Waals surface area contributed by atoms with Gasteiger partial charge in [0.25, 0.3) is 0 Å². The Kier molecular flexibility index (Phi) is 4.30. The smallest absolute Gasteiger partial charge is 0.407 e. The number of alkyl halides is 1. The average molecular weight is 337 g/mol. The van der Waals surface area contributed by atoms with E-state index < -0.39 is 58.5 Å². The van der Waals surface area contributed by atoms with Crippen molar-refractivity contribution in [2.45, 2.75) is 33.0 Å². The fourth-order valence-electron chi connectivity index (χ4n) is 3.14. The van der Waals surface area contributed by atoms with E-state index in [-0.39, 0.29) is 12.6 Å². The number of likely N-dealkylation sites (tertiary alicyclic amines) is 1. The van der Waals surface area contributed by atoms with Crippen molar-refractivity contribution < 1.29 is 31.9 Å². The molecule has 1 N–H and O–H groups in total. The maximum absolute atomic E-state index is 14.6. The molecule has 8 heteroatoms. The van der Waals surface area contributed by atoms with E-state index in [4.69, 9.17) is 5.11 Å². The molecule has 1 fully saturated rings. The Bertz CT molecular complexity index is 617. The minimum Gasteiger partial charge on any atom is -0.465 e. The topological polar surface area (TPSA) is 40.5 Å². The van der Waals surface area contributed by atoms with Crippen molar-refractivity contribution in [3.8, 4) is 0 Å². The molecule has 23 heavy (non-hydrogen) atoms. The van der Waals surface area contributed by atoms with E-state index in [1.807, 2.05) is 0 Å². The lowest BCUT2D eigenvalue weighted by atomic mass is 9.69. The molecule has 3 nitrogen and oxygen atoms in total. The first kappa shape index (κ1) is 17.5. The van der Waals surface area contributed by atoms with E-state index >= 15 is 0 Å². The summed E-state index contributed by atoms with van der Waals surface area (Å²) >= 11 is 0. The summed E-state index contributed by atoms with van der Waals surface area (Å²) in [6, 6.07) is -0.868. The van der Waals surface area contributed by atoms with E-state index in [0.717, 1.165) is 4.90 Å². The van der Waals surface area contributed by atoms with Gasteiger partial charge >= 0.3 is 6.09 Å². The van der Waals surface area contributed by atoms with Crippen LogP contribution in [0.3, 0.4) is 0 Å². The van der Waals surface area contributed by atoms with Gasteiger partial charge in [-0.3, -0.25) is 0 Å². The van der Waals surface area contributed by atoms with Gasteiger partial charge in [-0.25, -0.2) is 26.7 Å². The summed E-state index contributed by atoms with van der Waals surface area (Å²) in [7, 11) is 0. The SMILES string of the molecule is CC(C)(C)C1C(C(F)c2c(F)c(F)cc(F)c2F)CN1C(=O)O. The third kappa shape index (κ3) is 2.86. The number of rotatable bonds is 2. The third-order valence-corrected chi connectivity index (χ3v) is 4.08. The molecule has 0 bridgehead atoms. The van der Waals surface area contributed by atoms with E-state index in [9.17, 15) is 26.7 Å². The highest BCUT2D eigenvalue weighted by Gasteiger charge is 2.53. The molecule has 1 aliphatic rings. The van der Waals surface area contributed by atoms with Crippen molar-refractivity contribution in [1.82, 2.24) is 4.90 Å². The lowest BCUT2D eigenvalue weighted by molar-refractivity contribution is -0.0693. The highest BCUT2D eigenvalue weighted by molar-refractivity contribution is 5.67. The zero-order valence-corrected chi connectivity index (χ0v) is 12.7.